The number of nitrogens with one attached hydrogen (secondary N) is 2. The monoisotopic (exact) mass is 188 g/mol. The van der Waals surface area contributed by atoms with Crippen LogP contribution in [0.3, 0.4) is 0 Å². The molecule has 0 unspecified atom stereocenters. The number of aromatic nitrogens is 1. The molecule has 14 heavy (non-hydrogen) atoms. The minimum Gasteiger partial charge on any atom is -0.354 e. The third kappa shape index (κ3) is 2.02. The number of aromatic amines is 1. The standard InChI is InChI=1S/C12H16N2/c1-4-7-9-8-12(10(13)5-2)14-11(9)6-3/h5-6,8,13-14H,2-4,7H2,1H3. The molecule has 1 aromatic rings. The van der Waals surface area contributed by atoms with Crippen molar-refractivity contribution in [2.24, 2.45) is 0 Å². The summed E-state index contributed by atoms with van der Waals surface area (Å²) in [5.74, 6) is 0. The van der Waals surface area contributed by atoms with Crippen LogP contribution in [-0.4, -0.2) is 10.7 Å². The Kier molecular flexibility index (Phi) is 3.46. The molecule has 0 atom stereocenters. The number of hydrogen-bond donors (Lipinski definition) is 2. The van der Waals surface area contributed by atoms with E-state index >= 15 is 0 Å². The topological polar surface area (TPSA) is 39.6 Å². The SMILES string of the molecule is C=CC(=N)c1cc(CCC)c(C=C)[nH]1. The molecule has 1 rings (SSSR count). The van der Waals surface area contributed by atoms with E-state index in [2.05, 4.69) is 25.1 Å². The smallest absolute Gasteiger partial charge is 0.0768 e. The molecule has 0 aliphatic heterocycles. The lowest BCUT2D eigenvalue weighted by atomic mass is 10.1. The Bertz CT molecular complexity index is 358. The van der Waals surface area contributed by atoms with Gasteiger partial charge in [0.05, 0.1) is 11.4 Å². The van der Waals surface area contributed by atoms with Crippen molar-refractivity contribution in [2.45, 2.75) is 19.8 Å². The Morgan fingerprint density at radius 3 is 2.79 bits per heavy atom. The largest absolute Gasteiger partial charge is 0.354 e. The molecule has 0 radical (unpaired) electrons. The molecule has 0 bridgehead atoms. The van der Waals surface area contributed by atoms with Crippen LogP contribution in [0, 0.1) is 5.41 Å². The van der Waals surface area contributed by atoms with E-state index in [-0.39, 0.29) is 0 Å². The fraction of sp³-hybridized carbons (Fsp3) is 0.250. The summed E-state index contributed by atoms with van der Waals surface area (Å²) in [6, 6.07) is 2.00. The lowest BCUT2D eigenvalue weighted by Crippen LogP contribution is -1.92. The summed E-state index contributed by atoms with van der Waals surface area (Å²) in [4.78, 5) is 3.15. The zero-order chi connectivity index (χ0) is 10.6. The first kappa shape index (κ1) is 10.5. The molecule has 0 saturated carbocycles. The number of allylic oxidation sites excluding steroid dienone is 1. The van der Waals surface area contributed by atoms with Crippen LogP contribution in [0.2, 0.25) is 0 Å². The van der Waals surface area contributed by atoms with E-state index in [0.717, 1.165) is 24.2 Å². The third-order valence-electron chi connectivity index (χ3n) is 2.15. The van der Waals surface area contributed by atoms with Crippen molar-refractivity contribution in [3.63, 3.8) is 0 Å². The quantitative estimate of drug-likeness (QED) is 0.666. The number of aryl methyl sites for hydroxylation is 1. The molecule has 1 aromatic heterocycles. The first-order chi connectivity index (χ1) is 6.72. The lowest BCUT2D eigenvalue weighted by Gasteiger charge is -1.94. The highest BCUT2D eigenvalue weighted by Gasteiger charge is 2.06. The minimum absolute atomic E-state index is 0.426. The predicted octanol–water partition coefficient (Wildman–Crippen LogP) is 3.16. The molecular formula is C12H16N2. The van der Waals surface area contributed by atoms with E-state index in [4.69, 9.17) is 5.41 Å². The van der Waals surface area contributed by atoms with Gasteiger partial charge in [-0.15, -0.1) is 0 Å². The highest BCUT2D eigenvalue weighted by Crippen LogP contribution is 2.15. The molecule has 2 nitrogen and oxygen atoms in total. The third-order valence-corrected chi connectivity index (χ3v) is 2.15. The molecular weight excluding hydrogens is 172 g/mol. The highest BCUT2D eigenvalue weighted by atomic mass is 14.7. The van der Waals surface area contributed by atoms with Crippen molar-refractivity contribution in [3.05, 3.63) is 42.3 Å². The van der Waals surface area contributed by atoms with Gasteiger partial charge in [0.25, 0.3) is 0 Å². The summed E-state index contributed by atoms with van der Waals surface area (Å²) in [6.07, 6.45) is 5.45. The second-order valence-corrected chi connectivity index (χ2v) is 3.19. The van der Waals surface area contributed by atoms with E-state index < -0.39 is 0 Å². The lowest BCUT2D eigenvalue weighted by molar-refractivity contribution is 0.921. The van der Waals surface area contributed by atoms with E-state index in [1.165, 1.54) is 11.6 Å². The average molecular weight is 188 g/mol. The maximum atomic E-state index is 7.61. The van der Waals surface area contributed by atoms with Gasteiger partial charge in [0.2, 0.25) is 0 Å². The van der Waals surface area contributed by atoms with Crippen molar-refractivity contribution in [2.75, 3.05) is 0 Å². The minimum atomic E-state index is 0.426. The van der Waals surface area contributed by atoms with Crippen LogP contribution >= 0.6 is 0 Å². The molecule has 0 fully saturated rings. The number of H-pyrrole nitrogens is 1. The van der Waals surface area contributed by atoms with Crippen molar-refractivity contribution >= 4 is 11.8 Å². The van der Waals surface area contributed by atoms with Gasteiger partial charge in [-0.1, -0.05) is 26.5 Å². The van der Waals surface area contributed by atoms with Crippen molar-refractivity contribution in [1.29, 1.82) is 5.41 Å². The van der Waals surface area contributed by atoms with Gasteiger partial charge >= 0.3 is 0 Å². The molecule has 0 aromatic carbocycles. The zero-order valence-corrected chi connectivity index (χ0v) is 8.56. The summed E-state index contributed by atoms with van der Waals surface area (Å²) in [7, 11) is 0. The molecule has 0 aliphatic carbocycles. The van der Waals surface area contributed by atoms with Crippen LogP contribution in [0.25, 0.3) is 6.08 Å². The Hall–Kier alpha value is -1.57. The van der Waals surface area contributed by atoms with Crippen LogP contribution < -0.4 is 0 Å². The fourth-order valence-electron chi connectivity index (χ4n) is 1.43. The van der Waals surface area contributed by atoms with Crippen molar-refractivity contribution < 1.29 is 0 Å². The number of rotatable bonds is 5. The molecule has 0 saturated heterocycles. The Labute approximate surface area is 84.9 Å². The molecule has 0 spiro atoms. The molecule has 0 aliphatic rings. The van der Waals surface area contributed by atoms with Crippen LogP contribution in [0.1, 0.15) is 30.3 Å². The average Bonchev–Trinajstić information content (AvgIpc) is 2.60. The fourth-order valence-corrected chi connectivity index (χ4v) is 1.43. The van der Waals surface area contributed by atoms with E-state index in [0.29, 0.717) is 5.71 Å². The number of hydrogen-bond acceptors (Lipinski definition) is 1. The van der Waals surface area contributed by atoms with E-state index in [1.807, 2.05) is 6.07 Å². The van der Waals surface area contributed by atoms with Crippen LogP contribution in [0.4, 0.5) is 0 Å². The predicted molar refractivity (Wildman–Crippen MR) is 61.9 cm³/mol. The van der Waals surface area contributed by atoms with Gasteiger partial charge < -0.3 is 4.98 Å². The van der Waals surface area contributed by atoms with Crippen molar-refractivity contribution in [3.8, 4) is 0 Å². The molecule has 2 heteroatoms. The van der Waals surface area contributed by atoms with Crippen molar-refractivity contribution in [1.82, 2.24) is 4.98 Å². The summed E-state index contributed by atoms with van der Waals surface area (Å²) in [5.41, 5.74) is 3.49. The maximum absolute atomic E-state index is 7.61. The van der Waals surface area contributed by atoms with Gasteiger partial charge in [0, 0.05) is 5.69 Å². The Morgan fingerprint density at radius 1 is 1.57 bits per heavy atom. The molecule has 0 amide bonds. The summed E-state index contributed by atoms with van der Waals surface area (Å²) >= 11 is 0. The van der Waals surface area contributed by atoms with Crippen LogP contribution in [0.15, 0.2) is 25.3 Å². The summed E-state index contributed by atoms with van der Waals surface area (Å²) in [5, 5.41) is 7.61. The van der Waals surface area contributed by atoms with Gasteiger partial charge in [0.15, 0.2) is 0 Å². The second-order valence-electron chi connectivity index (χ2n) is 3.19. The van der Waals surface area contributed by atoms with E-state index in [1.54, 1.807) is 6.08 Å². The van der Waals surface area contributed by atoms with Crippen LogP contribution in [0.5, 0.6) is 0 Å². The molecule has 2 N–H and O–H groups in total. The van der Waals surface area contributed by atoms with Gasteiger partial charge in [-0.3, -0.25) is 5.41 Å². The van der Waals surface area contributed by atoms with Gasteiger partial charge in [-0.05, 0) is 30.2 Å². The Balaban J connectivity index is 3.05. The zero-order valence-electron chi connectivity index (χ0n) is 8.56. The normalized spacial score (nSPS) is 9.79. The highest BCUT2D eigenvalue weighted by molar-refractivity contribution is 6.05. The first-order valence-corrected chi connectivity index (χ1v) is 4.78. The van der Waals surface area contributed by atoms with Gasteiger partial charge in [-0.2, -0.15) is 0 Å². The first-order valence-electron chi connectivity index (χ1n) is 4.78. The Morgan fingerprint density at radius 2 is 2.29 bits per heavy atom. The van der Waals surface area contributed by atoms with Crippen LogP contribution in [-0.2, 0) is 6.42 Å². The van der Waals surface area contributed by atoms with Gasteiger partial charge in [-0.25, -0.2) is 0 Å². The van der Waals surface area contributed by atoms with Gasteiger partial charge in [0.1, 0.15) is 0 Å². The second kappa shape index (κ2) is 4.61. The summed E-state index contributed by atoms with van der Waals surface area (Å²) < 4.78 is 0. The maximum Gasteiger partial charge on any atom is 0.0768 e. The van der Waals surface area contributed by atoms with E-state index in [9.17, 15) is 0 Å². The molecule has 74 valence electrons. The molecule has 1 heterocycles. The summed E-state index contributed by atoms with van der Waals surface area (Å²) in [6.45, 7) is 9.46.